The third kappa shape index (κ3) is 6.18. The molecule has 0 saturated carbocycles. The Labute approximate surface area is 198 Å². The second-order valence-corrected chi connectivity index (χ2v) is 9.34. The zero-order valence-corrected chi connectivity index (χ0v) is 20.0. The summed E-state index contributed by atoms with van der Waals surface area (Å²) >= 11 is 6.07. The van der Waals surface area contributed by atoms with Crippen LogP contribution in [0.1, 0.15) is 18.9 Å². The van der Waals surface area contributed by atoms with E-state index in [1.165, 1.54) is 31.4 Å². The zero-order valence-electron chi connectivity index (χ0n) is 18.5. The molecule has 3 aromatic carbocycles. The third-order valence-electron chi connectivity index (χ3n) is 4.86. The lowest BCUT2D eigenvalue weighted by molar-refractivity contribution is -0.122. The molecular formula is C24H25ClN2O5S. The standard InChI is InChI=1S/C24H25ClN2O5S/c1-4-21(32-23-8-6-5-7-22(23)31-3)24(28)26-17-11-13-19(14-12-17)33(29,30)27-18-10-9-16(2)20(25)15-18/h5-15,21,27H,4H2,1-3H3,(H,26,28)/t21-/m0/s1. The molecule has 0 aliphatic rings. The van der Waals surface area contributed by atoms with Gasteiger partial charge in [-0.25, -0.2) is 8.42 Å². The van der Waals surface area contributed by atoms with E-state index < -0.39 is 16.1 Å². The van der Waals surface area contributed by atoms with Gasteiger partial charge in [-0.05, 0) is 67.4 Å². The van der Waals surface area contributed by atoms with Crippen LogP contribution in [0.2, 0.25) is 5.02 Å². The molecule has 0 radical (unpaired) electrons. The van der Waals surface area contributed by atoms with Gasteiger partial charge in [0, 0.05) is 10.7 Å². The van der Waals surface area contributed by atoms with Crippen LogP contribution in [0.25, 0.3) is 0 Å². The molecule has 0 heterocycles. The number of nitrogens with one attached hydrogen (secondary N) is 2. The maximum atomic E-state index is 12.7. The van der Waals surface area contributed by atoms with Gasteiger partial charge in [0.2, 0.25) is 0 Å². The van der Waals surface area contributed by atoms with Crippen molar-refractivity contribution >= 4 is 38.9 Å². The maximum absolute atomic E-state index is 12.7. The first kappa shape index (κ1) is 24.4. The predicted molar refractivity (Wildman–Crippen MR) is 130 cm³/mol. The Balaban J connectivity index is 1.68. The van der Waals surface area contributed by atoms with Crippen LogP contribution in [-0.2, 0) is 14.8 Å². The van der Waals surface area contributed by atoms with Crippen molar-refractivity contribution < 1.29 is 22.7 Å². The SMILES string of the molecule is CC[C@H](Oc1ccccc1OC)C(=O)Nc1ccc(S(=O)(=O)Nc2ccc(C)c(Cl)c2)cc1. The number of halogens is 1. The molecular weight excluding hydrogens is 464 g/mol. The van der Waals surface area contributed by atoms with Crippen LogP contribution < -0.4 is 19.5 Å². The van der Waals surface area contributed by atoms with Crippen LogP contribution >= 0.6 is 11.6 Å². The van der Waals surface area contributed by atoms with Crippen LogP contribution in [-0.4, -0.2) is 27.5 Å². The van der Waals surface area contributed by atoms with Gasteiger partial charge in [-0.15, -0.1) is 0 Å². The number of sulfonamides is 1. The first-order chi connectivity index (χ1) is 15.7. The summed E-state index contributed by atoms with van der Waals surface area (Å²) in [5, 5.41) is 3.22. The van der Waals surface area contributed by atoms with Gasteiger partial charge < -0.3 is 14.8 Å². The lowest BCUT2D eigenvalue weighted by atomic mass is 10.2. The van der Waals surface area contributed by atoms with Crippen molar-refractivity contribution in [3.8, 4) is 11.5 Å². The summed E-state index contributed by atoms with van der Waals surface area (Å²) in [6.07, 6.45) is -0.322. The number of methoxy groups -OCH3 is 1. The van der Waals surface area contributed by atoms with Crippen LogP contribution in [0.5, 0.6) is 11.5 Å². The summed E-state index contributed by atoms with van der Waals surface area (Å²) < 4.78 is 38.9. The van der Waals surface area contributed by atoms with E-state index in [1.807, 2.05) is 19.9 Å². The van der Waals surface area contributed by atoms with E-state index in [2.05, 4.69) is 10.0 Å². The molecule has 3 aromatic rings. The topological polar surface area (TPSA) is 93.7 Å². The second kappa shape index (κ2) is 10.6. The Morgan fingerprint density at radius 2 is 1.64 bits per heavy atom. The number of ether oxygens (including phenoxy) is 2. The van der Waals surface area contributed by atoms with E-state index in [1.54, 1.807) is 36.4 Å². The fourth-order valence-corrected chi connectivity index (χ4v) is 4.23. The predicted octanol–water partition coefficient (Wildman–Crippen LogP) is 5.25. The first-order valence-corrected chi connectivity index (χ1v) is 12.1. The lowest BCUT2D eigenvalue weighted by Gasteiger charge is -2.19. The zero-order chi connectivity index (χ0) is 24.0. The van der Waals surface area contributed by atoms with E-state index in [9.17, 15) is 13.2 Å². The van der Waals surface area contributed by atoms with Crippen molar-refractivity contribution in [2.45, 2.75) is 31.3 Å². The molecule has 3 rings (SSSR count). The number of carbonyl (C=O) groups is 1. The highest BCUT2D eigenvalue weighted by Crippen LogP contribution is 2.28. The van der Waals surface area contributed by atoms with Crippen LogP contribution in [0, 0.1) is 6.92 Å². The quantitative estimate of drug-likeness (QED) is 0.429. The highest BCUT2D eigenvalue weighted by Gasteiger charge is 2.21. The van der Waals surface area contributed by atoms with Crippen LogP contribution in [0.15, 0.2) is 71.6 Å². The van der Waals surface area contributed by atoms with Gasteiger partial charge in [-0.3, -0.25) is 9.52 Å². The minimum Gasteiger partial charge on any atom is -0.493 e. The van der Waals surface area contributed by atoms with E-state index in [4.69, 9.17) is 21.1 Å². The fourth-order valence-electron chi connectivity index (χ4n) is 3.00. The fraction of sp³-hybridized carbons (Fsp3) is 0.208. The van der Waals surface area contributed by atoms with Gasteiger partial charge in [-0.1, -0.05) is 36.7 Å². The van der Waals surface area contributed by atoms with Crippen LogP contribution in [0.3, 0.4) is 0 Å². The minimum atomic E-state index is -3.82. The number of amides is 1. The average molecular weight is 489 g/mol. The molecule has 1 amide bonds. The molecule has 0 aromatic heterocycles. The van der Waals surface area contributed by atoms with E-state index in [0.717, 1.165) is 5.56 Å². The van der Waals surface area contributed by atoms with Crippen molar-refractivity contribution in [2.24, 2.45) is 0 Å². The lowest BCUT2D eigenvalue weighted by Crippen LogP contribution is -2.32. The molecule has 0 bridgehead atoms. The maximum Gasteiger partial charge on any atom is 0.265 e. The van der Waals surface area contributed by atoms with Gasteiger partial charge in [0.25, 0.3) is 15.9 Å². The van der Waals surface area contributed by atoms with Crippen LogP contribution in [0.4, 0.5) is 11.4 Å². The summed E-state index contributed by atoms with van der Waals surface area (Å²) in [4.78, 5) is 12.8. The first-order valence-electron chi connectivity index (χ1n) is 10.2. The Morgan fingerprint density at radius 3 is 2.24 bits per heavy atom. The average Bonchev–Trinajstić information content (AvgIpc) is 2.80. The summed E-state index contributed by atoms with van der Waals surface area (Å²) in [6.45, 7) is 3.66. The summed E-state index contributed by atoms with van der Waals surface area (Å²) in [7, 11) is -2.29. The number of rotatable bonds is 9. The molecule has 33 heavy (non-hydrogen) atoms. The number of aryl methyl sites for hydroxylation is 1. The molecule has 0 aliphatic carbocycles. The van der Waals surface area contributed by atoms with Gasteiger partial charge in [0.15, 0.2) is 17.6 Å². The van der Waals surface area contributed by atoms with Gasteiger partial charge >= 0.3 is 0 Å². The molecule has 9 heteroatoms. The van der Waals surface area contributed by atoms with Crippen molar-refractivity contribution in [3.63, 3.8) is 0 Å². The van der Waals surface area contributed by atoms with Crippen molar-refractivity contribution in [3.05, 3.63) is 77.3 Å². The highest BCUT2D eigenvalue weighted by molar-refractivity contribution is 7.92. The Bertz CT molecular complexity index is 1230. The molecule has 0 fully saturated rings. The smallest absolute Gasteiger partial charge is 0.265 e. The molecule has 0 saturated heterocycles. The summed E-state index contributed by atoms with van der Waals surface area (Å²) in [5.74, 6) is 0.637. The molecule has 7 nitrogen and oxygen atoms in total. The minimum absolute atomic E-state index is 0.0505. The van der Waals surface area contributed by atoms with Crippen molar-refractivity contribution in [1.29, 1.82) is 0 Å². The molecule has 0 aliphatic heterocycles. The molecule has 174 valence electrons. The summed E-state index contributed by atoms with van der Waals surface area (Å²) in [6, 6.07) is 17.9. The second-order valence-electron chi connectivity index (χ2n) is 7.25. The van der Waals surface area contributed by atoms with E-state index in [-0.39, 0.29) is 10.8 Å². The Morgan fingerprint density at radius 1 is 1.00 bits per heavy atom. The third-order valence-corrected chi connectivity index (χ3v) is 6.66. The Hall–Kier alpha value is -3.23. The molecule has 0 unspecified atom stereocenters. The molecule has 2 N–H and O–H groups in total. The van der Waals surface area contributed by atoms with Gasteiger partial charge in [-0.2, -0.15) is 0 Å². The van der Waals surface area contributed by atoms with E-state index in [0.29, 0.717) is 34.3 Å². The molecule has 0 spiro atoms. The van der Waals surface area contributed by atoms with Crippen molar-refractivity contribution in [1.82, 2.24) is 0 Å². The summed E-state index contributed by atoms with van der Waals surface area (Å²) in [5.41, 5.74) is 1.65. The Kier molecular flexibility index (Phi) is 7.84. The highest BCUT2D eigenvalue weighted by atomic mass is 35.5. The number of benzene rings is 3. The molecule has 1 atom stereocenters. The van der Waals surface area contributed by atoms with E-state index >= 15 is 0 Å². The number of hydrogen-bond acceptors (Lipinski definition) is 5. The number of hydrogen-bond donors (Lipinski definition) is 2. The number of anilines is 2. The number of para-hydroxylation sites is 2. The largest absolute Gasteiger partial charge is 0.493 e. The van der Waals surface area contributed by atoms with Crippen molar-refractivity contribution in [2.75, 3.05) is 17.1 Å². The normalized spacial score (nSPS) is 12.0. The number of carbonyl (C=O) groups excluding carboxylic acids is 1. The van der Waals surface area contributed by atoms with Gasteiger partial charge in [0.05, 0.1) is 17.7 Å². The van der Waals surface area contributed by atoms with Gasteiger partial charge in [0.1, 0.15) is 0 Å². The monoisotopic (exact) mass is 488 g/mol.